The zero-order valence-electron chi connectivity index (χ0n) is 21.9. The number of nitrogens with zero attached hydrogens (tertiary/aromatic N) is 4. The van der Waals surface area contributed by atoms with Gasteiger partial charge in [-0.25, -0.2) is 9.71 Å². The average molecular weight is 525 g/mol. The summed E-state index contributed by atoms with van der Waals surface area (Å²) in [7, 11) is -1.35. The van der Waals surface area contributed by atoms with E-state index in [2.05, 4.69) is 72.0 Å². The minimum atomic E-state index is -3.51. The maximum absolute atomic E-state index is 11.9. The molecule has 0 amide bonds. The first kappa shape index (κ1) is 26.8. The summed E-state index contributed by atoms with van der Waals surface area (Å²) in [5.41, 5.74) is 5.93. The van der Waals surface area contributed by atoms with E-state index in [0.717, 1.165) is 48.7 Å². The largest absolute Gasteiger partial charge is 0.369 e. The molecule has 2 heterocycles. The molecule has 198 valence electrons. The lowest BCUT2D eigenvalue weighted by molar-refractivity contribution is 0.312. The second-order valence-corrected chi connectivity index (χ2v) is 10.9. The number of likely N-dealkylation sites (N-methyl/N-ethyl adjacent to an activating group) is 1. The van der Waals surface area contributed by atoms with Crippen molar-refractivity contribution in [1.82, 2.24) is 24.3 Å². The van der Waals surface area contributed by atoms with Crippen LogP contribution in [0.1, 0.15) is 23.6 Å². The molecule has 0 bridgehead atoms. The quantitative estimate of drug-likeness (QED) is 0.320. The van der Waals surface area contributed by atoms with E-state index in [1.807, 2.05) is 31.2 Å². The van der Waals surface area contributed by atoms with Gasteiger partial charge in [-0.1, -0.05) is 19.1 Å². The predicted octanol–water partition coefficient (Wildman–Crippen LogP) is 3.28. The molecular weight excluding hydrogens is 488 g/mol. The Bertz CT molecular complexity index is 1320. The van der Waals surface area contributed by atoms with E-state index < -0.39 is 10.2 Å². The van der Waals surface area contributed by atoms with Crippen LogP contribution in [-0.4, -0.2) is 63.1 Å². The summed E-state index contributed by atoms with van der Waals surface area (Å²) in [6, 6.07) is 13.9. The van der Waals surface area contributed by atoms with Crippen molar-refractivity contribution in [2.24, 2.45) is 0 Å². The van der Waals surface area contributed by atoms with Crippen LogP contribution in [0.4, 0.5) is 28.8 Å². The standard InChI is InChI=1S/C26H36N8O2S/c1-5-28-37(35,36)29-18-21-7-6-8-22(16-21)30-25-20(3)17-27-26(32-25)31-23-9-10-24(19(2)15-23)34-13-11-33(4)12-14-34/h6-10,15-17,28-29H,5,11-14,18H2,1-4H3,(H2,27,30,31,32). The second-order valence-electron chi connectivity index (χ2n) is 9.29. The van der Waals surface area contributed by atoms with E-state index >= 15 is 0 Å². The number of aryl methyl sites for hydroxylation is 2. The summed E-state index contributed by atoms with van der Waals surface area (Å²) < 4.78 is 28.7. The number of nitrogens with one attached hydrogen (secondary N) is 4. The molecule has 1 aromatic heterocycles. The van der Waals surface area contributed by atoms with Gasteiger partial charge in [-0.15, -0.1) is 0 Å². The first-order chi connectivity index (χ1) is 17.7. The monoisotopic (exact) mass is 524 g/mol. The van der Waals surface area contributed by atoms with Gasteiger partial charge in [0.2, 0.25) is 5.95 Å². The van der Waals surface area contributed by atoms with Gasteiger partial charge in [0, 0.05) is 68.1 Å². The van der Waals surface area contributed by atoms with Crippen molar-refractivity contribution in [2.75, 3.05) is 55.3 Å². The lowest BCUT2D eigenvalue weighted by Gasteiger charge is -2.35. The Labute approximate surface area is 219 Å². The van der Waals surface area contributed by atoms with Gasteiger partial charge in [0.15, 0.2) is 0 Å². The lowest BCUT2D eigenvalue weighted by atomic mass is 10.1. The molecular formula is C26H36N8O2S. The number of benzene rings is 2. The van der Waals surface area contributed by atoms with E-state index in [4.69, 9.17) is 0 Å². The zero-order valence-corrected chi connectivity index (χ0v) is 22.7. The Morgan fingerprint density at radius 1 is 0.919 bits per heavy atom. The molecule has 11 heteroatoms. The van der Waals surface area contributed by atoms with Crippen molar-refractivity contribution in [1.29, 1.82) is 0 Å². The SMILES string of the molecule is CCNS(=O)(=O)NCc1cccc(Nc2nc(Nc3ccc(N4CCN(C)CC4)c(C)c3)ncc2C)c1. The van der Waals surface area contributed by atoms with E-state index in [0.29, 0.717) is 18.3 Å². The van der Waals surface area contributed by atoms with Gasteiger partial charge >= 0.3 is 0 Å². The molecule has 0 spiro atoms. The molecule has 1 aliphatic rings. The first-order valence-corrected chi connectivity index (χ1v) is 14.0. The molecule has 0 unspecified atom stereocenters. The third kappa shape index (κ3) is 7.39. The second kappa shape index (κ2) is 11.9. The fraction of sp³-hybridized carbons (Fsp3) is 0.385. The molecule has 3 aromatic rings. The van der Waals surface area contributed by atoms with E-state index in [9.17, 15) is 8.42 Å². The summed E-state index contributed by atoms with van der Waals surface area (Å²) >= 11 is 0. The van der Waals surface area contributed by atoms with E-state index in [-0.39, 0.29) is 6.54 Å². The molecule has 0 radical (unpaired) electrons. The molecule has 37 heavy (non-hydrogen) atoms. The lowest BCUT2D eigenvalue weighted by Crippen LogP contribution is -2.44. The Morgan fingerprint density at radius 2 is 1.68 bits per heavy atom. The molecule has 1 saturated heterocycles. The van der Waals surface area contributed by atoms with Crippen LogP contribution in [0.5, 0.6) is 0 Å². The summed E-state index contributed by atoms with van der Waals surface area (Å²) in [5, 5.41) is 6.66. The molecule has 2 aromatic carbocycles. The molecule has 4 N–H and O–H groups in total. The van der Waals surface area contributed by atoms with Crippen molar-refractivity contribution in [3.8, 4) is 0 Å². The van der Waals surface area contributed by atoms with Gasteiger partial charge in [0.1, 0.15) is 5.82 Å². The fourth-order valence-electron chi connectivity index (χ4n) is 4.21. The number of piperazine rings is 1. The van der Waals surface area contributed by atoms with Crippen LogP contribution >= 0.6 is 0 Å². The van der Waals surface area contributed by atoms with Gasteiger partial charge in [-0.05, 0) is 62.4 Å². The maximum atomic E-state index is 11.9. The number of anilines is 5. The molecule has 0 aliphatic carbocycles. The maximum Gasteiger partial charge on any atom is 0.277 e. The van der Waals surface area contributed by atoms with Crippen LogP contribution in [0, 0.1) is 13.8 Å². The van der Waals surface area contributed by atoms with Crippen molar-refractivity contribution >= 4 is 39.0 Å². The number of aromatic nitrogens is 2. The summed E-state index contributed by atoms with van der Waals surface area (Å²) in [6.07, 6.45) is 1.78. The molecule has 10 nitrogen and oxygen atoms in total. The zero-order chi connectivity index (χ0) is 26.4. The van der Waals surface area contributed by atoms with Crippen molar-refractivity contribution in [3.05, 3.63) is 65.4 Å². The number of rotatable bonds is 10. The predicted molar refractivity (Wildman–Crippen MR) is 150 cm³/mol. The first-order valence-electron chi connectivity index (χ1n) is 12.5. The molecule has 4 rings (SSSR count). The highest BCUT2D eigenvalue weighted by Gasteiger charge is 2.16. The van der Waals surface area contributed by atoms with Crippen LogP contribution in [0.2, 0.25) is 0 Å². The summed E-state index contributed by atoms with van der Waals surface area (Å²) in [6.45, 7) is 10.5. The molecule has 1 aliphatic heterocycles. The number of hydrogen-bond acceptors (Lipinski definition) is 8. The topological polar surface area (TPSA) is 115 Å². The highest BCUT2D eigenvalue weighted by Crippen LogP contribution is 2.27. The molecule has 0 atom stereocenters. The van der Waals surface area contributed by atoms with Gasteiger partial charge in [-0.3, -0.25) is 0 Å². The fourth-order valence-corrected chi connectivity index (χ4v) is 5.05. The average Bonchev–Trinajstić information content (AvgIpc) is 2.86. The van der Waals surface area contributed by atoms with Crippen molar-refractivity contribution < 1.29 is 8.42 Å². The van der Waals surface area contributed by atoms with Crippen LogP contribution in [0.15, 0.2) is 48.7 Å². The third-order valence-electron chi connectivity index (χ3n) is 6.26. The smallest absolute Gasteiger partial charge is 0.277 e. The summed E-state index contributed by atoms with van der Waals surface area (Å²) in [5.74, 6) is 1.17. The summed E-state index contributed by atoms with van der Waals surface area (Å²) in [4.78, 5) is 13.9. The van der Waals surface area contributed by atoms with E-state index in [1.165, 1.54) is 11.3 Å². The Kier molecular flexibility index (Phi) is 8.59. The number of hydrogen-bond donors (Lipinski definition) is 4. The highest BCUT2D eigenvalue weighted by atomic mass is 32.2. The van der Waals surface area contributed by atoms with Gasteiger partial charge in [0.25, 0.3) is 10.2 Å². The van der Waals surface area contributed by atoms with Crippen LogP contribution in [0.25, 0.3) is 0 Å². The molecule has 0 saturated carbocycles. The van der Waals surface area contributed by atoms with Crippen LogP contribution < -0.4 is 25.0 Å². The Hall–Kier alpha value is -3.25. The van der Waals surface area contributed by atoms with Crippen molar-refractivity contribution in [2.45, 2.75) is 27.3 Å². The molecule has 1 fully saturated rings. The van der Waals surface area contributed by atoms with E-state index in [1.54, 1.807) is 13.1 Å². The van der Waals surface area contributed by atoms with Gasteiger partial charge in [0.05, 0.1) is 0 Å². The van der Waals surface area contributed by atoms with Crippen LogP contribution in [0.3, 0.4) is 0 Å². The van der Waals surface area contributed by atoms with Gasteiger partial charge in [-0.2, -0.15) is 18.1 Å². The third-order valence-corrected chi connectivity index (χ3v) is 7.45. The van der Waals surface area contributed by atoms with Gasteiger partial charge < -0.3 is 20.4 Å². The normalized spacial score (nSPS) is 14.5. The van der Waals surface area contributed by atoms with Crippen LogP contribution in [-0.2, 0) is 16.8 Å². The minimum Gasteiger partial charge on any atom is -0.369 e. The van der Waals surface area contributed by atoms with Crippen molar-refractivity contribution in [3.63, 3.8) is 0 Å². The minimum absolute atomic E-state index is 0.184. The Balaban J connectivity index is 1.43. The Morgan fingerprint density at radius 3 is 2.41 bits per heavy atom. The highest BCUT2D eigenvalue weighted by molar-refractivity contribution is 7.87.